The number of rotatable bonds is 6. The molecule has 1 amide bonds. The van der Waals surface area contributed by atoms with Crippen LogP contribution >= 0.6 is 11.8 Å². The van der Waals surface area contributed by atoms with Crippen molar-refractivity contribution in [2.75, 3.05) is 0 Å². The van der Waals surface area contributed by atoms with Crippen molar-refractivity contribution < 1.29 is 4.79 Å². The number of aromatic nitrogens is 3. The predicted octanol–water partition coefficient (Wildman–Crippen LogP) is 3.34. The zero-order chi connectivity index (χ0) is 17.6. The van der Waals surface area contributed by atoms with Crippen molar-refractivity contribution in [3.8, 4) is 0 Å². The number of carbonyl (C=O) groups excluding carboxylic acids is 1. The van der Waals surface area contributed by atoms with Crippen LogP contribution in [0.25, 0.3) is 0 Å². The first-order chi connectivity index (χ1) is 12.1. The molecular weight excluding hydrogens is 332 g/mol. The number of hydrogen-bond donors (Lipinski definition) is 1. The highest BCUT2D eigenvalue weighted by molar-refractivity contribution is 8.00. The van der Waals surface area contributed by atoms with E-state index in [-0.39, 0.29) is 11.2 Å². The van der Waals surface area contributed by atoms with E-state index in [1.165, 1.54) is 36.6 Å². The molecular formula is C19H26N4OS. The van der Waals surface area contributed by atoms with Crippen molar-refractivity contribution in [3.05, 3.63) is 41.7 Å². The van der Waals surface area contributed by atoms with E-state index >= 15 is 0 Å². The van der Waals surface area contributed by atoms with Crippen molar-refractivity contribution in [1.29, 1.82) is 0 Å². The molecule has 0 aliphatic heterocycles. The Kier molecular flexibility index (Phi) is 6.13. The summed E-state index contributed by atoms with van der Waals surface area (Å²) in [5.41, 5.74) is 1.21. The van der Waals surface area contributed by atoms with Crippen LogP contribution in [0.5, 0.6) is 0 Å². The molecule has 1 saturated carbocycles. The monoisotopic (exact) mass is 358 g/mol. The fraction of sp³-hybridized carbons (Fsp3) is 0.526. The zero-order valence-electron chi connectivity index (χ0n) is 14.9. The minimum absolute atomic E-state index is 0.101. The summed E-state index contributed by atoms with van der Waals surface area (Å²) in [7, 11) is 1.96. The van der Waals surface area contributed by atoms with Gasteiger partial charge in [0.05, 0.1) is 5.25 Å². The molecule has 1 aliphatic carbocycles. The quantitative estimate of drug-likeness (QED) is 0.805. The molecule has 0 spiro atoms. The van der Waals surface area contributed by atoms with Crippen molar-refractivity contribution in [3.63, 3.8) is 0 Å². The molecule has 1 aromatic carbocycles. The first-order valence-corrected chi connectivity index (χ1v) is 9.90. The third-order valence-corrected chi connectivity index (χ3v) is 5.87. The average Bonchev–Trinajstić information content (AvgIpc) is 2.97. The fourth-order valence-electron chi connectivity index (χ4n) is 3.16. The Morgan fingerprint density at radius 1 is 1.24 bits per heavy atom. The Balaban J connectivity index is 1.57. The molecule has 1 fully saturated rings. The van der Waals surface area contributed by atoms with Crippen LogP contribution in [-0.2, 0) is 18.3 Å². The zero-order valence-corrected chi connectivity index (χ0v) is 15.8. The second-order valence-electron chi connectivity index (χ2n) is 6.72. The Hall–Kier alpha value is -1.82. The molecule has 0 radical (unpaired) electrons. The first-order valence-electron chi connectivity index (χ1n) is 9.02. The lowest BCUT2D eigenvalue weighted by Crippen LogP contribution is -2.40. The molecule has 5 nitrogen and oxygen atoms in total. The van der Waals surface area contributed by atoms with Gasteiger partial charge >= 0.3 is 0 Å². The Bertz CT molecular complexity index is 695. The van der Waals surface area contributed by atoms with Crippen LogP contribution in [0.4, 0.5) is 0 Å². The van der Waals surface area contributed by atoms with Crippen LogP contribution in [0, 0.1) is 0 Å². The van der Waals surface area contributed by atoms with Crippen molar-refractivity contribution in [2.24, 2.45) is 7.05 Å². The number of thioether (sulfide) groups is 1. The number of benzene rings is 1. The van der Waals surface area contributed by atoms with Gasteiger partial charge in [-0.3, -0.25) is 4.79 Å². The van der Waals surface area contributed by atoms with E-state index in [1.54, 1.807) is 0 Å². The van der Waals surface area contributed by atoms with Crippen molar-refractivity contribution in [2.45, 2.75) is 61.9 Å². The molecule has 1 aromatic heterocycles. The van der Waals surface area contributed by atoms with E-state index in [0.717, 1.165) is 30.2 Å². The summed E-state index contributed by atoms with van der Waals surface area (Å²) < 4.78 is 1.99. The highest BCUT2D eigenvalue weighted by atomic mass is 32.2. The maximum Gasteiger partial charge on any atom is 0.233 e. The normalized spacial score (nSPS) is 16.6. The minimum atomic E-state index is -0.172. The molecule has 1 atom stereocenters. The second-order valence-corrected chi connectivity index (χ2v) is 8.03. The molecule has 2 aromatic rings. The fourth-order valence-corrected chi connectivity index (χ4v) is 4.00. The van der Waals surface area contributed by atoms with Gasteiger partial charge in [-0.15, -0.1) is 10.2 Å². The largest absolute Gasteiger partial charge is 0.352 e. The maximum atomic E-state index is 12.4. The van der Waals surface area contributed by atoms with Gasteiger partial charge in [0, 0.05) is 19.5 Å². The smallest absolute Gasteiger partial charge is 0.233 e. The molecule has 0 unspecified atom stereocenters. The van der Waals surface area contributed by atoms with Gasteiger partial charge in [0.1, 0.15) is 5.82 Å². The third kappa shape index (κ3) is 4.84. The number of hydrogen-bond acceptors (Lipinski definition) is 4. The van der Waals surface area contributed by atoms with Crippen LogP contribution in [0.3, 0.4) is 0 Å². The van der Waals surface area contributed by atoms with Crippen LogP contribution in [0.1, 0.15) is 50.4 Å². The number of carbonyl (C=O) groups is 1. The molecule has 134 valence electrons. The van der Waals surface area contributed by atoms with Crippen molar-refractivity contribution in [1.82, 2.24) is 20.1 Å². The van der Waals surface area contributed by atoms with Crippen LogP contribution in [0.2, 0.25) is 0 Å². The van der Waals surface area contributed by atoms with Crippen LogP contribution in [-0.4, -0.2) is 32.0 Å². The van der Waals surface area contributed by atoms with Gasteiger partial charge in [0.2, 0.25) is 5.91 Å². The third-order valence-electron chi connectivity index (χ3n) is 4.73. The minimum Gasteiger partial charge on any atom is -0.352 e. The van der Waals surface area contributed by atoms with Gasteiger partial charge in [-0.2, -0.15) is 0 Å². The first kappa shape index (κ1) is 18.0. The Labute approximate surface area is 153 Å². The SMILES string of the molecule is C[C@@H](Sc1nnc(Cc2ccccc2)n1C)C(=O)NC1CCCCC1. The number of nitrogens with one attached hydrogen (secondary N) is 1. The van der Waals surface area contributed by atoms with Gasteiger partial charge in [-0.1, -0.05) is 61.4 Å². The molecule has 6 heteroatoms. The summed E-state index contributed by atoms with van der Waals surface area (Å²) in [5, 5.41) is 12.4. The molecule has 0 bridgehead atoms. The lowest BCUT2D eigenvalue weighted by atomic mass is 9.95. The van der Waals surface area contributed by atoms with Gasteiger partial charge in [-0.05, 0) is 25.3 Å². The van der Waals surface area contributed by atoms with E-state index in [1.807, 2.05) is 36.7 Å². The summed E-state index contributed by atoms with van der Waals surface area (Å²) in [6.07, 6.45) is 6.69. The molecule has 1 N–H and O–H groups in total. The lowest BCUT2D eigenvalue weighted by Gasteiger charge is -2.24. The van der Waals surface area contributed by atoms with E-state index in [9.17, 15) is 4.79 Å². The highest BCUT2D eigenvalue weighted by Crippen LogP contribution is 2.23. The summed E-state index contributed by atoms with van der Waals surface area (Å²) in [4.78, 5) is 12.4. The van der Waals surface area contributed by atoms with Gasteiger partial charge < -0.3 is 9.88 Å². The van der Waals surface area contributed by atoms with E-state index in [4.69, 9.17) is 0 Å². The van der Waals surface area contributed by atoms with Gasteiger partial charge in [0.15, 0.2) is 5.16 Å². The van der Waals surface area contributed by atoms with Gasteiger partial charge in [-0.25, -0.2) is 0 Å². The molecule has 1 heterocycles. The Morgan fingerprint density at radius 2 is 1.96 bits per heavy atom. The topological polar surface area (TPSA) is 59.8 Å². The summed E-state index contributed by atoms with van der Waals surface area (Å²) in [6, 6.07) is 10.6. The lowest BCUT2D eigenvalue weighted by molar-refractivity contribution is -0.121. The average molecular weight is 359 g/mol. The summed E-state index contributed by atoms with van der Waals surface area (Å²) >= 11 is 1.48. The maximum absolute atomic E-state index is 12.4. The van der Waals surface area contributed by atoms with E-state index in [0.29, 0.717) is 6.04 Å². The van der Waals surface area contributed by atoms with Crippen LogP contribution in [0.15, 0.2) is 35.5 Å². The van der Waals surface area contributed by atoms with Crippen LogP contribution < -0.4 is 5.32 Å². The Morgan fingerprint density at radius 3 is 2.68 bits per heavy atom. The summed E-state index contributed by atoms with van der Waals surface area (Å²) in [6.45, 7) is 1.94. The standard InChI is InChI=1S/C19H26N4OS/c1-14(18(24)20-16-11-7-4-8-12-16)25-19-22-21-17(23(19)2)13-15-9-5-3-6-10-15/h3,5-6,9-10,14,16H,4,7-8,11-13H2,1-2H3,(H,20,24)/t14-/m1/s1. The van der Waals surface area contributed by atoms with Crippen molar-refractivity contribution >= 4 is 17.7 Å². The number of nitrogens with zero attached hydrogens (tertiary/aromatic N) is 3. The number of amides is 1. The second kappa shape index (κ2) is 8.52. The predicted molar refractivity (Wildman–Crippen MR) is 101 cm³/mol. The summed E-state index contributed by atoms with van der Waals surface area (Å²) in [5.74, 6) is 1.01. The molecule has 3 rings (SSSR count). The molecule has 0 saturated heterocycles. The molecule has 1 aliphatic rings. The highest BCUT2D eigenvalue weighted by Gasteiger charge is 2.22. The van der Waals surface area contributed by atoms with Gasteiger partial charge in [0.25, 0.3) is 0 Å². The molecule has 25 heavy (non-hydrogen) atoms. The van der Waals surface area contributed by atoms with E-state index < -0.39 is 0 Å². The van der Waals surface area contributed by atoms with E-state index in [2.05, 4.69) is 27.6 Å².